The molecule has 0 aromatic rings. The smallest absolute Gasteiger partial charge is 0.330 e. The molecule has 0 amide bonds. The highest BCUT2D eigenvalue weighted by Gasteiger charge is 2.33. The Bertz CT molecular complexity index is 338. The number of ether oxygens (including phenoxy) is 1. The zero-order valence-corrected chi connectivity index (χ0v) is 10.5. The highest BCUT2D eigenvalue weighted by molar-refractivity contribution is 5.83. The maximum absolute atomic E-state index is 11.1. The molecule has 0 spiro atoms. The Morgan fingerprint density at radius 1 is 1.47 bits per heavy atom. The van der Waals surface area contributed by atoms with Gasteiger partial charge in [-0.05, 0) is 26.3 Å². The largest absolute Gasteiger partial charge is 0.481 e. The molecule has 0 aliphatic carbocycles. The third kappa shape index (κ3) is 3.85. The number of carbonyl (C=O) groups is 2. The number of hydrogen-bond acceptors (Lipinski definition) is 4. The first kappa shape index (κ1) is 13.7. The molecular weight excluding hydrogens is 222 g/mol. The second-order valence-electron chi connectivity index (χ2n) is 4.89. The second kappa shape index (κ2) is 5.31. The highest BCUT2D eigenvalue weighted by Crippen LogP contribution is 2.23. The Hall–Kier alpha value is -1.36. The molecule has 0 atom stereocenters. The molecule has 1 fully saturated rings. The SMILES string of the molecule is CCOC(=O)C=C1CN(CC(C)(C)C(=O)O)C1. The second-order valence-corrected chi connectivity index (χ2v) is 4.89. The van der Waals surface area contributed by atoms with Gasteiger partial charge in [-0.1, -0.05) is 0 Å². The van der Waals surface area contributed by atoms with Gasteiger partial charge in [0.2, 0.25) is 0 Å². The minimum absolute atomic E-state index is 0.320. The van der Waals surface area contributed by atoms with E-state index in [0.717, 1.165) is 5.57 Å². The van der Waals surface area contributed by atoms with Crippen molar-refractivity contribution in [3.05, 3.63) is 11.6 Å². The molecule has 96 valence electrons. The van der Waals surface area contributed by atoms with Crippen molar-refractivity contribution in [2.75, 3.05) is 26.2 Å². The third-order valence-electron chi connectivity index (χ3n) is 2.66. The van der Waals surface area contributed by atoms with Gasteiger partial charge in [-0.15, -0.1) is 0 Å². The van der Waals surface area contributed by atoms with Crippen molar-refractivity contribution >= 4 is 11.9 Å². The molecule has 5 heteroatoms. The van der Waals surface area contributed by atoms with Gasteiger partial charge in [-0.3, -0.25) is 9.69 Å². The maximum Gasteiger partial charge on any atom is 0.330 e. The summed E-state index contributed by atoms with van der Waals surface area (Å²) in [6.07, 6.45) is 1.49. The highest BCUT2D eigenvalue weighted by atomic mass is 16.5. The van der Waals surface area contributed by atoms with Gasteiger partial charge >= 0.3 is 11.9 Å². The summed E-state index contributed by atoms with van der Waals surface area (Å²) in [4.78, 5) is 24.1. The van der Waals surface area contributed by atoms with E-state index in [2.05, 4.69) is 0 Å². The van der Waals surface area contributed by atoms with E-state index in [4.69, 9.17) is 9.84 Å². The Balaban J connectivity index is 2.37. The van der Waals surface area contributed by atoms with E-state index in [1.165, 1.54) is 6.08 Å². The monoisotopic (exact) mass is 241 g/mol. The molecule has 1 heterocycles. The number of carboxylic acid groups (broad SMARTS) is 1. The number of esters is 1. The predicted molar refractivity (Wildman–Crippen MR) is 62.6 cm³/mol. The van der Waals surface area contributed by atoms with Gasteiger partial charge in [0.25, 0.3) is 0 Å². The lowest BCUT2D eigenvalue weighted by Gasteiger charge is -2.38. The van der Waals surface area contributed by atoms with Crippen molar-refractivity contribution < 1.29 is 19.4 Å². The normalized spacial score (nSPS) is 16.3. The molecule has 1 rings (SSSR count). The number of nitrogens with zero attached hydrogens (tertiary/aromatic N) is 1. The standard InChI is InChI=1S/C12H19NO4/c1-4-17-10(14)5-9-6-13(7-9)8-12(2,3)11(15)16/h5H,4,6-8H2,1-3H3,(H,15,16). The molecule has 0 aromatic carbocycles. The molecule has 1 aliphatic rings. The van der Waals surface area contributed by atoms with Crippen molar-refractivity contribution in [2.45, 2.75) is 20.8 Å². The van der Waals surface area contributed by atoms with Gasteiger partial charge < -0.3 is 9.84 Å². The Kier molecular flexibility index (Phi) is 4.28. The van der Waals surface area contributed by atoms with E-state index in [1.807, 2.05) is 4.90 Å². The number of hydrogen-bond donors (Lipinski definition) is 1. The lowest BCUT2D eigenvalue weighted by molar-refractivity contribution is -0.148. The minimum Gasteiger partial charge on any atom is -0.481 e. The third-order valence-corrected chi connectivity index (χ3v) is 2.66. The summed E-state index contributed by atoms with van der Waals surface area (Å²) in [7, 11) is 0. The number of likely N-dealkylation sites (tertiary alicyclic amines) is 1. The number of rotatable bonds is 5. The molecule has 1 aliphatic heterocycles. The van der Waals surface area contributed by atoms with E-state index < -0.39 is 11.4 Å². The molecule has 1 saturated heterocycles. The molecule has 0 radical (unpaired) electrons. The summed E-state index contributed by atoms with van der Waals surface area (Å²) in [5.74, 6) is -1.13. The van der Waals surface area contributed by atoms with Crippen LogP contribution in [0.4, 0.5) is 0 Å². The predicted octanol–water partition coefficient (Wildman–Crippen LogP) is 0.902. The van der Waals surface area contributed by atoms with Gasteiger partial charge in [0.1, 0.15) is 0 Å². The number of aliphatic carboxylic acids is 1. The first-order chi connectivity index (χ1) is 7.85. The van der Waals surface area contributed by atoms with Crippen LogP contribution in [-0.4, -0.2) is 48.2 Å². The fourth-order valence-electron chi connectivity index (χ4n) is 1.71. The maximum atomic E-state index is 11.1. The van der Waals surface area contributed by atoms with Gasteiger partial charge in [0, 0.05) is 25.7 Å². The van der Waals surface area contributed by atoms with Crippen LogP contribution in [0.2, 0.25) is 0 Å². The molecule has 0 bridgehead atoms. The van der Waals surface area contributed by atoms with Crippen molar-refractivity contribution in [3.8, 4) is 0 Å². The fraction of sp³-hybridized carbons (Fsp3) is 0.667. The molecule has 17 heavy (non-hydrogen) atoms. The van der Waals surface area contributed by atoms with Gasteiger partial charge in [-0.25, -0.2) is 4.79 Å². The fourth-order valence-corrected chi connectivity index (χ4v) is 1.71. The molecule has 0 saturated carbocycles. The first-order valence-electron chi connectivity index (χ1n) is 5.67. The Labute approximate surface area is 101 Å². The van der Waals surface area contributed by atoms with Gasteiger partial charge in [0.05, 0.1) is 12.0 Å². The summed E-state index contributed by atoms with van der Waals surface area (Å²) in [5, 5.41) is 8.98. The summed E-state index contributed by atoms with van der Waals surface area (Å²) >= 11 is 0. The molecule has 0 aromatic heterocycles. The van der Waals surface area contributed by atoms with Crippen LogP contribution in [0.3, 0.4) is 0 Å². The number of carboxylic acids is 1. The molecular formula is C12H19NO4. The van der Waals surface area contributed by atoms with E-state index in [-0.39, 0.29) is 5.97 Å². The zero-order valence-electron chi connectivity index (χ0n) is 10.5. The summed E-state index contributed by atoms with van der Waals surface area (Å²) in [5.41, 5.74) is 0.236. The van der Waals surface area contributed by atoms with Crippen LogP contribution >= 0.6 is 0 Å². The van der Waals surface area contributed by atoms with Crippen molar-refractivity contribution in [1.82, 2.24) is 4.90 Å². The van der Waals surface area contributed by atoms with Gasteiger partial charge in [-0.2, -0.15) is 0 Å². The van der Waals surface area contributed by atoms with Crippen LogP contribution in [-0.2, 0) is 14.3 Å². The molecule has 5 nitrogen and oxygen atoms in total. The Morgan fingerprint density at radius 2 is 2.06 bits per heavy atom. The Morgan fingerprint density at radius 3 is 2.53 bits per heavy atom. The number of carbonyl (C=O) groups excluding carboxylic acids is 1. The van der Waals surface area contributed by atoms with Crippen molar-refractivity contribution in [1.29, 1.82) is 0 Å². The van der Waals surface area contributed by atoms with Crippen molar-refractivity contribution in [2.24, 2.45) is 5.41 Å². The lowest BCUT2D eigenvalue weighted by atomic mass is 9.91. The van der Waals surface area contributed by atoms with Crippen molar-refractivity contribution in [3.63, 3.8) is 0 Å². The minimum atomic E-state index is -0.805. The topological polar surface area (TPSA) is 66.8 Å². The van der Waals surface area contributed by atoms with Crippen LogP contribution in [0.15, 0.2) is 11.6 Å². The van der Waals surface area contributed by atoms with E-state index in [0.29, 0.717) is 26.2 Å². The van der Waals surface area contributed by atoms with E-state index in [1.54, 1.807) is 20.8 Å². The molecule has 1 N–H and O–H groups in total. The summed E-state index contributed by atoms with van der Waals surface area (Å²) in [6.45, 7) is 7.32. The quantitative estimate of drug-likeness (QED) is 0.572. The average Bonchev–Trinajstić information content (AvgIpc) is 2.14. The van der Waals surface area contributed by atoms with Crippen LogP contribution in [0.25, 0.3) is 0 Å². The van der Waals surface area contributed by atoms with Crippen LogP contribution < -0.4 is 0 Å². The lowest BCUT2D eigenvalue weighted by Crippen LogP contribution is -2.47. The van der Waals surface area contributed by atoms with Crippen LogP contribution in [0, 0.1) is 5.41 Å². The summed E-state index contributed by atoms with van der Waals surface area (Å²) < 4.78 is 4.79. The average molecular weight is 241 g/mol. The van der Waals surface area contributed by atoms with Crippen LogP contribution in [0.5, 0.6) is 0 Å². The van der Waals surface area contributed by atoms with Crippen LogP contribution in [0.1, 0.15) is 20.8 Å². The van der Waals surface area contributed by atoms with Gasteiger partial charge in [0.15, 0.2) is 0 Å². The summed E-state index contributed by atoms with van der Waals surface area (Å²) in [6, 6.07) is 0. The zero-order chi connectivity index (χ0) is 13.1. The molecule has 0 unspecified atom stereocenters. The van der Waals surface area contributed by atoms with E-state index in [9.17, 15) is 9.59 Å². The van der Waals surface area contributed by atoms with E-state index >= 15 is 0 Å². The first-order valence-corrected chi connectivity index (χ1v) is 5.67.